The lowest BCUT2D eigenvalue weighted by Crippen LogP contribution is -2.35. The summed E-state index contributed by atoms with van der Waals surface area (Å²) in [6.07, 6.45) is 5.27. The molecule has 1 amide bonds. The fourth-order valence-electron chi connectivity index (χ4n) is 2.04. The van der Waals surface area contributed by atoms with Gasteiger partial charge in [0, 0.05) is 19.6 Å². The van der Waals surface area contributed by atoms with Crippen LogP contribution < -0.4 is 10.6 Å². The van der Waals surface area contributed by atoms with Gasteiger partial charge in [-0.25, -0.2) is 0 Å². The highest BCUT2D eigenvalue weighted by Crippen LogP contribution is 2.13. The summed E-state index contributed by atoms with van der Waals surface area (Å²) >= 11 is 0. The van der Waals surface area contributed by atoms with Crippen molar-refractivity contribution in [3.63, 3.8) is 0 Å². The van der Waals surface area contributed by atoms with Crippen LogP contribution in [0.1, 0.15) is 39.0 Å². The van der Waals surface area contributed by atoms with E-state index < -0.39 is 0 Å². The molecule has 0 aromatic carbocycles. The quantitative estimate of drug-likeness (QED) is 0.631. The van der Waals surface area contributed by atoms with E-state index in [4.69, 9.17) is 4.74 Å². The van der Waals surface area contributed by atoms with Crippen LogP contribution in [0.2, 0.25) is 0 Å². The molecule has 1 saturated heterocycles. The largest absolute Gasteiger partial charge is 0.380 e. The van der Waals surface area contributed by atoms with E-state index in [1.54, 1.807) is 0 Å². The summed E-state index contributed by atoms with van der Waals surface area (Å²) in [5, 5.41) is 6.24. The zero-order chi connectivity index (χ0) is 12.3. The summed E-state index contributed by atoms with van der Waals surface area (Å²) in [4.78, 5) is 11.6. The van der Waals surface area contributed by atoms with Crippen LogP contribution in [0.5, 0.6) is 0 Å². The van der Waals surface area contributed by atoms with E-state index >= 15 is 0 Å². The van der Waals surface area contributed by atoms with Crippen molar-refractivity contribution in [3.05, 3.63) is 0 Å². The summed E-state index contributed by atoms with van der Waals surface area (Å²) < 4.78 is 5.39. The van der Waals surface area contributed by atoms with Crippen LogP contribution in [-0.4, -0.2) is 38.8 Å². The number of hydrogen-bond acceptors (Lipinski definition) is 3. The van der Waals surface area contributed by atoms with Gasteiger partial charge in [0.05, 0.1) is 6.61 Å². The predicted molar refractivity (Wildman–Crippen MR) is 68.9 cm³/mol. The summed E-state index contributed by atoms with van der Waals surface area (Å²) in [6, 6.07) is 0. The second kappa shape index (κ2) is 9.42. The maximum Gasteiger partial charge on any atom is 0.220 e. The van der Waals surface area contributed by atoms with Gasteiger partial charge in [-0.3, -0.25) is 4.79 Å². The van der Waals surface area contributed by atoms with Crippen LogP contribution in [0, 0.1) is 5.92 Å². The van der Waals surface area contributed by atoms with Crippen LogP contribution in [-0.2, 0) is 9.53 Å². The molecule has 0 aromatic rings. The van der Waals surface area contributed by atoms with E-state index in [9.17, 15) is 4.79 Å². The minimum Gasteiger partial charge on any atom is -0.380 e. The zero-order valence-corrected chi connectivity index (χ0v) is 11.0. The van der Waals surface area contributed by atoms with Gasteiger partial charge in [0.1, 0.15) is 0 Å². The third-order valence-electron chi connectivity index (χ3n) is 3.08. The lowest BCUT2D eigenvalue weighted by molar-refractivity contribution is -0.122. The monoisotopic (exact) mass is 242 g/mol. The molecular weight excluding hydrogens is 216 g/mol. The fraction of sp³-hybridized carbons (Fsp3) is 0.923. The van der Waals surface area contributed by atoms with Crippen LogP contribution in [0.15, 0.2) is 0 Å². The number of carbonyl (C=O) groups excluding carboxylic acids is 1. The van der Waals surface area contributed by atoms with E-state index in [0.717, 1.165) is 32.5 Å². The fourth-order valence-corrected chi connectivity index (χ4v) is 2.04. The molecule has 1 unspecified atom stereocenters. The Kier molecular flexibility index (Phi) is 8.01. The summed E-state index contributed by atoms with van der Waals surface area (Å²) in [5.41, 5.74) is 0. The normalized spacial score (nSPS) is 20.2. The van der Waals surface area contributed by atoms with Crippen LogP contribution in [0.4, 0.5) is 0 Å². The van der Waals surface area contributed by atoms with Gasteiger partial charge < -0.3 is 15.4 Å². The average Bonchev–Trinajstić information content (AvgIpc) is 2.35. The highest BCUT2D eigenvalue weighted by Gasteiger charge is 2.16. The van der Waals surface area contributed by atoms with Gasteiger partial charge >= 0.3 is 0 Å². The molecule has 1 atom stereocenters. The molecular formula is C13H26N2O2. The first-order valence-corrected chi connectivity index (χ1v) is 6.88. The van der Waals surface area contributed by atoms with E-state index in [0.29, 0.717) is 25.5 Å². The molecule has 0 aromatic heterocycles. The molecule has 4 nitrogen and oxygen atoms in total. The molecule has 1 aliphatic rings. The van der Waals surface area contributed by atoms with Crippen molar-refractivity contribution in [1.29, 1.82) is 0 Å². The lowest BCUT2D eigenvalue weighted by atomic mass is 9.96. The minimum absolute atomic E-state index is 0.165. The lowest BCUT2D eigenvalue weighted by Gasteiger charge is -2.22. The first-order chi connectivity index (χ1) is 8.33. The SMILES string of the molecule is CCCCOCCNC(=O)CC1CCCNC1. The molecule has 0 bridgehead atoms. The molecule has 1 aliphatic heterocycles. The number of piperidine rings is 1. The molecule has 0 spiro atoms. The molecule has 4 heteroatoms. The van der Waals surface area contributed by atoms with Gasteiger partial charge in [-0.05, 0) is 38.3 Å². The topological polar surface area (TPSA) is 50.4 Å². The highest BCUT2D eigenvalue weighted by atomic mass is 16.5. The Morgan fingerprint density at radius 1 is 1.47 bits per heavy atom. The molecule has 2 N–H and O–H groups in total. The van der Waals surface area contributed by atoms with E-state index in [2.05, 4.69) is 17.6 Å². The second-order valence-electron chi connectivity index (χ2n) is 4.73. The summed E-state index contributed by atoms with van der Waals surface area (Å²) in [5.74, 6) is 0.683. The van der Waals surface area contributed by atoms with Crippen molar-refractivity contribution < 1.29 is 9.53 Å². The molecule has 1 rings (SSSR count). The average molecular weight is 242 g/mol. The Balaban J connectivity index is 1.93. The van der Waals surface area contributed by atoms with Crippen molar-refractivity contribution in [2.24, 2.45) is 5.92 Å². The minimum atomic E-state index is 0.165. The number of nitrogens with one attached hydrogen (secondary N) is 2. The van der Waals surface area contributed by atoms with Crippen molar-refractivity contribution in [1.82, 2.24) is 10.6 Å². The smallest absolute Gasteiger partial charge is 0.220 e. The molecule has 17 heavy (non-hydrogen) atoms. The van der Waals surface area contributed by atoms with E-state index in [1.165, 1.54) is 12.8 Å². The zero-order valence-electron chi connectivity index (χ0n) is 11.0. The maximum absolute atomic E-state index is 11.6. The van der Waals surface area contributed by atoms with E-state index in [-0.39, 0.29) is 5.91 Å². The molecule has 0 saturated carbocycles. The standard InChI is InChI=1S/C13H26N2O2/c1-2-3-8-17-9-7-15-13(16)10-12-5-4-6-14-11-12/h12,14H,2-11H2,1H3,(H,15,16). The number of ether oxygens (including phenoxy) is 1. The van der Waals surface area contributed by atoms with Crippen molar-refractivity contribution in [2.75, 3.05) is 32.8 Å². The number of carbonyl (C=O) groups is 1. The van der Waals surface area contributed by atoms with Crippen LogP contribution >= 0.6 is 0 Å². The Labute approximate surface area is 104 Å². The third kappa shape index (κ3) is 7.34. The predicted octanol–water partition coefficient (Wildman–Crippen LogP) is 1.31. The Morgan fingerprint density at radius 3 is 3.06 bits per heavy atom. The van der Waals surface area contributed by atoms with Gasteiger partial charge in [0.15, 0.2) is 0 Å². The first-order valence-electron chi connectivity index (χ1n) is 6.88. The Bertz CT molecular complexity index is 204. The summed E-state index contributed by atoms with van der Waals surface area (Å²) in [7, 11) is 0. The maximum atomic E-state index is 11.6. The van der Waals surface area contributed by atoms with Gasteiger partial charge in [-0.2, -0.15) is 0 Å². The van der Waals surface area contributed by atoms with E-state index in [1.807, 2.05) is 0 Å². The second-order valence-corrected chi connectivity index (χ2v) is 4.73. The number of amides is 1. The van der Waals surface area contributed by atoms with Gasteiger partial charge in [-0.1, -0.05) is 13.3 Å². The van der Waals surface area contributed by atoms with Crippen molar-refractivity contribution >= 4 is 5.91 Å². The molecule has 100 valence electrons. The number of unbranched alkanes of at least 4 members (excludes halogenated alkanes) is 1. The highest BCUT2D eigenvalue weighted by molar-refractivity contribution is 5.76. The van der Waals surface area contributed by atoms with Crippen LogP contribution in [0.3, 0.4) is 0 Å². The van der Waals surface area contributed by atoms with Crippen LogP contribution in [0.25, 0.3) is 0 Å². The third-order valence-corrected chi connectivity index (χ3v) is 3.08. The molecule has 0 aliphatic carbocycles. The van der Waals surface area contributed by atoms with Crippen molar-refractivity contribution in [3.8, 4) is 0 Å². The van der Waals surface area contributed by atoms with Gasteiger partial charge in [-0.15, -0.1) is 0 Å². The van der Waals surface area contributed by atoms with Gasteiger partial charge in [0.2, 0.25) is 5.91 Å². The number of hydrogen-bond donors (Lipinski definition) is 2. The van der Waals surface area contributed by atoms with Gasteiger partial charge in [0.25, 0.3) is 0 Å². The van der Waals surface area contributed by atoms with Crippen molar-refractivity contribution in [2.45, 2.75) is 39.0 Å². The summed E-state index contributed by atoms with van der Waals surface area (Å²) in [6.45, 7) is 6.31. The molecule has 1 heterocycles. The molecule has 1 fully saturated rings. The Morgan fingerprint density at radius 2 is 2.35 bits per heavy atom. The number of rotatable bonds is 8. The first kappa shape index (κ1) is 14.5. The molecule has 0 radical (unpaired) electrons. The Hall–Kier alpha value is -0.610.